The van der Waals surface area contributed by atoms with E-state index in [1.165, 1.54) is 12.8 Å². The van der Waals surface area contributed by atoms with Gasteiger partial charge in [-0.1, -0.05) is 0 Å². The number of aliphatic hydroxyl groups is 1. The van der Waals surface area contributed by atoms with Crippen molar-refractivity contribution in [3.63, 3.8) is 0 Å². The van der Waals surface area contributed by atoms with Gasteiger partial charge in [0.05, 0.1) is 6.10 Å². The predicted octanol–water partition coefficient (Wildman–Crippen LogP) is 1.15. The van der Waals surface area contributed by atoms with Gasteiger partial charge >= 0.3 is 0 Å². The van der Waals surface area contributed by atoms with Gasteiger partial charge in [-0.2, -0.15) is 0 Å². The monoisotopic (exact) mass is 186 g/mol. The number of hydrogen-bond acceptors (Lipinski definition) is 3. The normalized spacial score (nSPS) is 46.4. The Hall–Kier alpha value is -0.120. The first-order valence-electron chi connectivity index (χ1n) is 5.08. The van der Waals surface area contributed by atoms with Crippen LogP contribution in [0.3, 0.4) is 0 Å². The molecule has 1 N–H and O–H groups in total. The van der Waals surface area contributed by atoms with Gasteiger partial charge in [0.25, 0.3) is 0 Å². The van der Waals surface area contributed by atoms with Crippen molar-refractivity contribution < 1.29 is 14.6 Å². The second-order valence-electron chi connectivity index (χ2n) is 4.25. The Labute approximate surface area is 79.0 Å². The molecule has 2 fully saturated rings. The maximum atomic E-state index is 9.68. The van der Waals surface area contributed by atoms with Crippen LogP contribution in [0.25, 0.3) is 0 Å². The Morgan fingerprint density at radius 1 is 1.38 bits per heavy atom. The van der Waals surface area contributed by atoms with Gasteiger partial charge < -0.3 is 14.6 Å². The molecule has 2 unspecified atom stereocenters. The molecule has 1 aliphatic carbocycles. The topological polar surface area (TPSA) is 38.7 Å². The molecule has 1 heterocycles. The van der Waals surface area contributed by atoms with Crippen molar-refractivity contribution in [3.8, 4) is 0 Å². The zero-order chi connectivity index (χ0) is 9.42. The third-order valence-corrected chi connectivity index (χ3v) is 3.24. The highest BCUT2D eigenvalue weighted by atomic mass is 16.7. The van der Waals surface area contributed by atoms with E-state index in [0.717, 1.165) is 12.3 Å². The van der Waals surface area contributed by atoms with Gasteiger partial charge in [-0.25, -0.2) is 0 Å². The van der Waals surface area contributed by atoms with Crippen molar-refractivity contribution in [3.05, 3.63) is 0 Å². The molecule has 1 saturated heterocycles. The molecule has 1 aliphatic heterocycles. The third-order valence-electron chi connectivity index (χ3n) is 3.24. The third kappa shape index (κ3) is 1.87. The molecule has 1 saturated carbocycles. The minimum absolute atomic E-state index is 0.237. The summed E-state index contributed by atoms with van der Waals surface area (Å²) in [7, 11) is 1.58. The highest BCUT2D eigenvalue weighted by molar-refractivity contribution is 4.89. The molecule has 0 spiro atoms. The fourth-order valence-corrected chi connectivity index (χ4v) is 2.30. The van der Waals surface area contributed by atoms with Crippen LogP contribution in [0.5, 0.6) is 0 Å². The Morgan fingerprint density at radius 3 is 2.62 bits per heavy atom. The molecular weight excluding hydrogens is 168 g/mol. The van der Waals surface area contributed by atoms with Gasteiger partial charge in [0, 0.05) is 7.11 Å². The van der Waals surface area contributed by atoms with Gasteiger partial charge in [-0.15, -0.1) is 0 Å². The fourth-order valence-electron chi connectivity index (χ4n) is 2.30. The first kappa shape index (κ1) is 9.44. The summed E-state index contributed by atoms with van der Waals surface area (Å²) in [6.07, 6.45) is 2.84. The van der Waals surface area contributed by atoms with E-state index >= 15 is 0 Å². The molecule has 0 aromatic heterocycles. The molecule has 4 atom stereocenters. The average molecular weight is 186 g/mol. The van der Waals surface area contributed by atoms with Crippen molar-refractivity contribution in [1.29, 1.82) is 0 Å². The largest absolute Gasteiger partial charge is 0.388 e. The number of methoxy groups -OCH3 is 1. The molecule has 13 heavy (non-hydrogen) atoms. The minimum Gasteiger partial charge on any atom is -0.388 e. The highest BCUT2D eigenvalue weighted by Crippen LogP contribution is 2.44. The number of rotatable bonds is 2. The summed E-state index contributed by atoms with van der Waals surface area (Å²) >= 11 is 0. The van der Waals surface area contributed by atoms with Crippen molar-refractivity contribution in [2.45, 2.75) is 44.7 Å². The summed E-state index contributed by atoms with van der Waals surface area (Å²) < 4.78 is 10.6. The average Bonchev–Trinajstić information content (AvgIpc) is 2.91. The Bertz CT molecular complexity index is 179. The highest BCUT2D eigenvalue weighted by Gasteiger charge is 2.42. The zero-order valence-corrected chi connectivity index (χ0v) is 8.27. The molecular formula is C10H18O3. The standard InChI is InChI=1S/C10H18O3/c1-6-8(7-3-4-7)5-9(11)10(12-2)13-6/h6-11H,3-5H2,1-2H3/t6-,8?,9+,10?/m1/s1. The molecule has 0 aromatic rings. The van der Waals surface area contributed by atoms with Crippen LogP contribution in [-0.4, -0.2) is 30.7 Å². The fraction of sp³-hybridized carbons (Fsp3) is 1.00. The number of hydrogen-bond donors (Lipinski definition) is 1. The molecule has 0 bridgehead atoms. The van der Waals surface area contributed by atoms with Crippen molar-refractivity contribution in [2.75, 3.05) is 7.11 Å². The van der Waals surface area contributed by atoms with E-state index in [-0.39, 0.29) is 6.10 Å². The van der Waals surface area contributed by atoms with Crippen molar-refractivity contribution in [2.24, 2.45) is 11.8 Å². The van der Waals surface area contributed by atoms with Gasteiger partial charge in [-0.05, 0) is 38.0 Å². The summed E-state index contributed by atoms with van der Waals surface area (Å²) in [5, 5.41) is 9.68. The van der Waals surface area contributed by atoms with E-state index in [9.17, 15) is 5.11 Å². The number of aliphatic hydroxyl groups excluding tert-OH is 1. The quantitative estimate of drug-likeness (QED) is 0.703. The zero-order valence-electron chi connectivity index (χ0n) is 8.27. The van der Waals surface area contributed by atoms with Crippen molar-refractivity contribution in [1.82, 2.24) is 0 Å². The van der Waals surface area contributed by atoms with Crippen LogP contribution >= 0.6 is 0 Å². The second-order valence-corrected chi connectivity index (χ2v) is 4.25. The van der Waals surface area contributed by atoms with Gasteiger partial charge in [0.1, 0.15) is 6.10 Å². The summed E-state index contributed by atoms with van der Waals surface area (Å²) in [5.74, 6) is 1.34. The summed E-state index contributed by atoms with van der Waals surface area (Å²) in [6, 6.07) is 0. The molecule has 76 valence electrons. The lowest BCUT2D eigenvalue weighted by Gasteiger charge is -2.37. The van der Waals surface area contributed by atoms with Crippen LogP contribution in [0.2, 0.25) is 0 Å². The SMILES string of the molecule is COC1O[C@H](C)C(C2CC2)C[C@@H]1O. The van der Waals surface area contributed by atoms with Gasteiger partial charge in [0.15, 0.2) is 6.29 Å². The molecule has 2 aliphatic rings. The van der Waals surface area contributed by atoms with Crippen LogP contribution in [-0.2, 0) is 9.47 Å². The van der Waals surface area contributed by atoms with E-state index in [2.05, 4.69) is 6.92 Å². The molecule has 3 nitrogen and oxygen atoms in total. The smallest absolute Gasteiger partial charge is 0.183 e. The first-order chi connectivity index (χ1) is 6.22. The molecule has 0 radical (unpaired) electrons. The van der Waals surface area contributed by atoms with E-state index in [4.69, 9.17) is 9.47 Å². The summed E-state index contributed by atoms with van der Waals surface area (Å²) in [5.41, 5.74) is 0. The Morgan fingerprint density at radius 2 is 2.08 bits per heavy atom. The summed E-state index contributed by atoms with van der Waals surface area (Å²) in [4.78, 5) is 0. The van der Waals surface area contributed by atoms with Crippen LogP contribution in [0.4, 0.5) is 0 Å². The van der Waals surface area contributed by atoms with Gasteiger partial charge in [0.2, 0.25) is 0 Å². The lowest BCUT2D eigenvalue weighted by atomic mass is 9.89. The first-order valence-corrected chi connectivity index (χ1v) is 5.08. The van der Waals surface area contributed by atoms with E-state index in [0.29, 0.717) is 5.92 Å². The van der Waals surface area contributed by atoms with Crippen molar-refractivity contribution >= 4 is 0 Å². The van der Waals surface area contributed by atoms with Crippen LogP contribution in [0, 0.1) is 11.8 Å². The van der Waals surface area contributed by atoms with E-state index in [1.807, 2.05) is 0 Å². The molecule has 0 amide bonds. The van der Waals surface area contributed by atoms with Crippen LogP contribution in [0.15, 0.2) is 0 Å². The lowest BCUT2D eigenvalue weighted by Crippen LogP contribution is -2.44. The predicted molar refractivity (Wildman–Crippen MR) is 48.2 cm³/mol. The number of ether oxygens (including phenoxy) is 2. The minimum atomic E-state index is -0.438. The maximum absolute atomic E-state index is 9.68. The maximum Gasteiger partial charge on any atom is 0.183 e. The van der Waals surface area contributed by atoms with Gasteiger partial charge in [-0.3, -0.25) is 0 Å². The lowest BCUT2D eigenvalue weighted by molar-refractivity contribution is -0.243. The van der Waals surface area contributed by atoms with Crippen LogP contribution in [0.1, 0.15) is 26.2 Å². The van der Waals surface area contributed by atoms with E-state index in [1.54, 1.807) is 7.11 Å². The Kier molecular flexibility index (Phi) is 2.58. The Balaban J connectivity index is 1.94. The van der Waals surface area contributed by atoms with Crippen LogP contribution < -0.4 is 0 Å². The molecule has 3 heteroatoms. The van der Waals surface area contributed by atoms with E-state index < -0.39 is 12.4 Å². The second kappa shape index (κ2) is 3.56. The summed E-state index contributed by atoms with van der Waals surface area (Å²) in [6.45, 7) is 2.08. The molecule has 2 rings (SSSR count). The molecule has 0 aromatic carbocycles.